The molecule has 30 heavy (non-hydrogen) atoms. The fraction of sp³-hybridized carbons (Fsp3) is 0.923. The van der Waals surface area contributed by atoms with Crippen LogP contribution < -0.4 is 0 Å². The molecule has 3 fully saturated rings. The highest BCUT2D eigenvalue weighted by Crippen LogP contribution is 2.41. The maximum absolute atomic E-state index is 13.0. The van der Waals surface area contributed by atoms with Crippen molar-refractivity contribution in [2.45, 2.75) is 92.9 Å². The minimum atomic E-state index is 0.207. The first-order valence-corrected chi connectivity index (χ1v) is 12.5. The van der Waals surface area contributed by atoms with Gasteiger partial charge in [-0.05, 0) is 74.0 Å². The average molecular weight is 419 g/mol. The monoisotopic (exact) mass is 418 g/mol. The van der Waals surface area contributed by atoms with E-state index in [-0.39, 0.29) is 11.8 Å². The summed E-state index contributed by atoms with van der Waals surface area (Å²) >= 11 is 0. The minimum absolute atomic E-state index is 0.207. The lowest BCUT2D eigenvalue weighted by Gasteiger charge is -2.42. The van der Waals surface area contributed by atoms with Gasteiger partial charge in [-0.1, -0.05) is 41.5 Å². The van der Waals surface area contributed by atoms with Gasteiger partial charge in [-0.3, -0.25) is 9.59 Å². The first kappa shape index (κ1) is 23.6. The Kier molecular flexibility index (Phi) is 7.24. The van der Waals surface area contributed by atoms with Crippen molar-refractivity contribution in [1.29, 1.82) is 0 Å². The van der Waals surface area contributed by atoms with Gasteiger partial charge < -0.3 is 9.80 Å². The van der Waals surface area contributed by atoms with Crippen molar-refractivity contribution in [1.82, 2.24) is 9.80 Å². The predicted molar refractivity (Wildman–Crippen MR) is 123 cm³/mol. The molecule has 1 aliphatic heterocycles. The van der Waals surface area contributed by atoms with Gasteiger partial charge in [0.25, 0.3) is 0 Å². The molecule has 4 nitrogen and oxygen atoms in total. The lowest BCUT2D eigenvalue weighted by Crippen LogP contribution is -2.53. The SMILES string of the molecule is CC(C)(C)C1CCC(C(=O)N2CCN(C(=O)C3CCC(C(C)(C)C)CC3)CC2)CC1. The molecule has 0 aromatic rings. The van der Waals surface area contributed by atoms with E-state index in [1.165, 1.54) is 25.7 Å². The Balaban J connectivity index is 1.43. The highest BCUT2D eigenvalue weighted by Gasteiger charge is 2.37. The number of hydrogen-bond acceptors (Lipinski definition) is 2. The van der Waals surface area contributed by atoms with Gasteiger partial charge in [-0.25, -0.2) is 0 Å². The molecule has 0 unspecified atom stereocenters. The third kappa shape index (κ3) is 5.59. The normalized spacial score (nSPS) is 31.5. The third-order valence-electron chi connectivity index (χ3n) is 8.51. The van der Waals surface area contributed by atoms with E-state index >= 15 is 0 Å². The fourth-order valence-electron chi connectivity index (χ4n) is 6.08. The quantitative estimate of drug-likeness (QED) is 0.605. The number of amides is 2. The zero-order valence-corrected chi connectivity index (χ0v) is 20.5. The summed E-state index contributed by atoms with van der Waals surface area (Å²) in [6, 6.07) is 0. The summed E-state index contributed by atoms with van der Waals surface area (Å²) in [4.78, 5) is 30.2. The number of hydrogen-bond donors (Lipinski definition) is 0. The average Bonchev–Trinajstić information content (AvgIpc) is 2.72. The molecule has 3 rings (SSSR count). The lowest BCUT2D eigenvalue weighted by molar-refractivity contribution is -0.145. The second kappa shape index (κ2) is 9.20. The molecule has 2 amide bonds. The Hall–Kier alpha value is -1.06. The van der Waals surface area contributed by atoms with Crippen LogP contribution >= 0.6 is 0 Å². The van der Waals surface area contributed by atoms with Crippen molar-refractivity contribution >= 4 is 11.8 Å². The van der Waals surface area contributed by atoms with Crippen molar-refractivity contribution in [2.75, 3.05) is 26.2 Å². The number of rotatable bonds is 2. The molecule has 1 heterocycles. The Morgan fingerprint density at radius 2 is 0.800 bits per heavy atom. The number of carbonyl (C=O) groups excluding carboxylic acids is 2. The van der Waals surface area contributed by atoms with Crippen molar-refractivity contribution in [2.24, 2.45) is 34.5 Å². The smallest absolute Gasteiger partial charge is 0.225 e. The van der Waals surface area contributed by atoms with Crippen LogP contribution in [0.3, 0.4) is 0 Å². The van der Waals surface area contributed by atoms with Gasteiger partial charge in [0.15, 0.2) is 0 Å². The second-order valence-corrected chi connectivity index (χ2v) is 12.5. The number of piperazine rings is 1. The highest BCUT2D eigenvalue weighted by molar-refractivity contribution is 5.81. The zero-order chi connectivity index (χ0) is 22.1. The van der Waals surface area contributed by atoms with Gasteiger partial charge in [0.1, 0.15) is 0 Å². The summed E-state index contributed by atoms with van der Waals surface area (Å²) < 4.78 is 0. The first-order valence-electron chi connectivity index (χ1n) is 12.5. The van der Waals surface area contributed by atoms with Crippen molar-refractivity contribution < 1.29 is 9.59 Å². The maximum Gasteiger partial charge on any atom is 0.225 e. The van der Waals surface area contributed by atoms with Crippen LogP contribution in [0.1, 0.15) is 92.9 Å². The third-order valence-corrected chi connectivity index (χ3v) is 8.51. The van der Waals surface area contributed by atoms with E-state index in [2.05, 4.69) is 41.5 Å². The van der Waals surface area contributed by atoms with E-state index in [0.717, 1.165) is 63.7 Å². The van der Waals surface area contributed by atoms with Crippen LogP contribution in [0.15, 0.2) is 0 Å². The molecule has 0 aromatic carbocycles. The molecule has 172 valence electrons. The van der Waals surface area contributed by atoms with Crippen LogP contribution in [0.2, 0.25) is 0 Å². The molecule has 0 N–H and O–H groups in total. The second-order valence-electron chi connectivity index (χ2n) is 12.5. The van der Waals surface area contributed by atoms with Crippen molar-refractivity contribution in [3.8, 4) is 0 Å². The van der Waals surface area contributed by atoms with Gasteiger partial charge in [0, 0.05) is 38.0 Å². The standard InChI is InChI=1S/C26H46N2O2/c1-25(2,3)21-11-7-19(8-12-21)23(29)27-15-17-28(18-16-27)24(30)20-9-13-22(14-10-20)26(4,5)6/h19-22H,7-18H2,1-6H3. The maximum atomic E-state index is 13.0. The molecule has 2 aliphatic carbocycles. The van der Waals surface area contributed by atoms with Crippen LogP contribution in [-0.2, 0) is 9.59 Å². The lowest BCUT2D eigenvalue weighted by atomic mass is 9.69. The van der Waals surface area contributed by atoms with Gasteiger partial charge in [0.05, 0.1) is 0 Å². The summed E-state index contributed by atoms with van der Waals surface area (Å²) in [7, 11) is 0. The van der Waals surface area contributed by atoms with Crippen LogP contribution in [0.4, 0.5) is 0 Å². The van der Waals surface area contributed by atoms with E-state index in [1.54, 1.807) is 0 Å². The van der Waals surface area contributed by atoms with E-state index in [0.29, 0.717) is 22.6 Å². The molecule has 2 saturated carbocycles. The van der Waals surface area contributed by atoms with Gasteiger partial charge in [-0.15, -0.1) is 0 Å². The largest absolute Gasteiger partial charge is 0.339 e. The fourth-order valence-corrected chi connectivity index (χ4v) is 6.08. The molecule has 0 spiro atoms. The van der Waals surface area contributed by atoms with E-state index in [1.807, 2.05) is 9.80 Å². The highest BCUT2D eigenvalue weighted by atomic mass is 16.2. The summed E-state index contributed by atoms with van der Waals surface area (Å²) in [5.74, 6) is 2.59. The van der Waals surface area contributed by atoms with Crippen LogP contribution in [0.25, 0.3) is 0 Å². The molecule has 1 saturated heterocycles. The summed E-state index contributed by atoms with van der Waals surface area (Å²) in [5.41, 5.74) is 0.706. The van der Waals surface area contributed by atoms with Crippen molar-refractivity contribution in [3.63, 3.8) is 0 Å². The van der Waals surface area contributed by atoms with E-state index in [9.17, 15) is 9.59 Å². The van der Waals surface area contributed by atoms with Crippen LogP contribution in [0, 0.1) is 34.5 Å². The molecule has 0 aromatic heterocycles. The molecule has 0 atom stereocenters. The number of nitrogens with zero attached hydrogens (tertiary/aromatic N) is 2. The molecular weight excluding hydrogens is 372 g/mol. The Morgan fingerprint density at radius 1 is 0.533 bits per heavy atom. The van der Waals surface area contributed by atoms with Crippen molar-refractivity contribution in [3.05, 3.63) is 0 Å². The van der Waals surface area contributed by atoms with E-state index in [4.69, 9.17) is 0 Å². The Labute approximate surface area is 185 Å². The van der Waals surface area contributed by atoms with Gasteiger partial charge >= 0.3 is 0 Å². The van der Waals surface area contributed by atoms with Gasteiger partial charge in [0.2, 0.25) is 11.8 Å². The van der Waals surface area contributed by atoms with Crippen LogP contribution in [-0.4, -0.2) is 47.8 Å². The molecule has 0 bridgehead atoms. The van der Waals surface area contributed by atoms with Gasteiger partial charge in [-0.2, -0.15) is 0 Å². The molecular formula is C26H46N2O2. The Bertz CT molecular complexity index is 538. The van der Waals surface area contributed by atoms with E-state index < -0.39 is 0 Å². The zero-order valence-electron chi connectivity index (χ0n) is 20.5. The predicted octanol–water partition coefficient (Wildman–Crippen LogP) is 5.36. The van der Waals surface area contributed by atoms with Crippen LogP contribution in [0.5, 0.6) is 0 Å². The summed E-state index contributed by atoms with van der Waals surface area (Å²) in [6.45, 7) is 16.8. The molecule has 3 aliphatic rings. The molecule has 0 radical (unpaired) electrons. The minimum Gasteiger partial charge on any atom is -0.339 e. The number of carbonyl (C=O) groups is 2. The Morgan fingerprint density at radius 3 is 1.03 bits per heavy atom. The topological polar surface area (TPSA) is 40.6 Å². The summed E-state index contributed by atoms with van der Waals surface area (Å²) in [6.07, 6.45) is 8.86. The first-order chi connectivity index (χ1) is 14.0. The summed E-state index contributed by atoms with van der Waals surface area (Å²) in [5, 5.41) is 0. The molecule has 4 heteroatoms.